The van der Waals surface area contributed by atoms with Crippen LogP contribution >= 0.6 is 0 Å². The molecule has 0 aliphatic heterocycles. The highest BCUT2D eigenvalue weighted by Crippen LogP contribution is 2.28. The molecule has 1 N–H and O–H groups in total. The minimum Gasteiger partial charge on any atom is -0.352 e. The topological polar surface area (TPSA) is 66.5 Å². The van der Waals surface area contributed by atoms with Gasteiger partial charge in [0.25, 0.3) is 10.0 Å². The Labute approximate surface area is 161 Å². The first-order valence-electron chi connectivity index (χ1n) is 9.33. The average Bonchev–Trinajstić information content (AvgIpc) is 3.16. The van der Waals surface area contributed by atoms with Gasteiger partial charge in [0.1, 0.15) is 6.54 Å². The molecule has 0 radical (unpaired) electrons. The van der Waals surface area contributed by atoms with Gasteiger partial charge in [0.15, 0.2) is 0 Å². The van der Waals surface area contributed by atoms with Crippen molar-refractivity contribution in [1.29, 1.82) is 0 Å². The molecule has 144 valence electrons. The highest BCUT2D eigenvalue weighted by molar-refractivity contribution is 7.92. The smallest absolute Gasteiger partial charge is 0.264 e. The van der Waals surface area contributed by atoms with Gasteiger partial charge < -0.3 is 5.32 Å². The summed E-state index contributed by atoms with van der Waals surface area (Å²) in [6, 6.07) is 13.9. The van der Waals surface area contributed by atoms with E-state index < -0.39 is 10.0 Å². The van der Waals surface area contributed by atoms with Crippen molar-refractivity contribution >= 4 is 21.6 Å². The van der Waals surface area contributed by atoms with Crippen LogP contribution in [-0.4, -0.2) is 26.9 Å². The summed E-state index contributed by atoms with van der Waals surface area (Å²) >= 11 is 0. The molecular weight excluding hydrogens is 360 g/mol. The van der Waals surface area contributed by atoms with Gasteiger partial charge in [-0.05, 0) is 56.0 Å². The molecule has 0 unspecified atom stereocenters. The van der Waals surface area contributed by atoms with Crippen LogP contribution in [0.5, 0.6) is 0 Å². The van der Waals surface area contributed by atoms with Crippen LogP contribution in [0.3, 0.4) is 0 Å². The van der Waals surface area contributed by atoms with Crippen molar-refractivity contribution in [1.82, 2.24) is 5.32 Å². The number of amides is 1. The van der Waals surface area contributed by atoms with E-state index in [1.807, 2.05) is 26.0 Å². The summed E-state index contributed by atoms with van der Waals surface area (Å²) in [5.74, 6) is -0.262. The van der Waals surface area contributed by atoms with Crippen LogP contribution in [0, 0.1) is 13.8 Å². The van der Waals surface area contributed by atoms with Crippen molar-refractivity contribution in [2.75, 3.05) is 10.8 Å². The van der Waals surface area contributed by atoms with E-state index in [0.29, 0.717) is 5.69 Å². The zero-order valence-corrected chi connectivity index (χ0v) is 16.6. The molecule has 6 heteroatoms. The number of carbonyl (C=O) groups is 1. The van der Waals surface area contributed by atoms with Crippen LogP contribution in [0.2, 0.25) is 0 Å². The Morgan fingerprint density at radius 1 is 1.04 bits per heavy atom. The minimum atomic E-state index is -3.85. The predicted molar refractivity (Wildman–Crippen MR) is 107 cm³/mol. The first kappa shape index (κ1) is 19.4. The summed E-state index contributed by atoms with van der Waals surface area (Å²) in [6.07, 6.45) is 4.13. The first-order chi connectivity index (χ1) is 12.9. The standard InChI is InChI=1S/C21H26N2O3S/c1-16-9-8-14-20(17(16)2)23(15-21(24)22-18-10-6-7-11-18)27(25,26)19-12-4-3-5-13-19/h3-5,8-9,12-14,18H,6-7,10-11,15H2,1-2H3,(H,22,24). The molecule has 0 atom stereocenters. The van der Waals surface area contributed by atoms with E-state index in [0.717, 1.165) is 36.8 Å². The van der Waals surface area contributed by atoms with Crippen LogP contribution < -0.4 is 9.62 Å². The number of aryl methyl sites for hydroxylation is 1. The molecule has 27 heavy (non-hydrogen) atoms. The van der Waals surface area contributed by atoms with Crippen LogP contribution in [0.15, 0.2) is 53.4 Å². The number of rotatable bonds is 6. The Balaban J connectivity index is 1.96. The normalized spacial score (nSPS) is 14.9. The van der Waals surface area contributed by atoms with Gasteiger partial charge in [-0.25, -0.2) is 8.42 Å². The number of hydrogen-bond acceptors (Lipinski definition) is 3. The molecule has 3 rings (SSSR count). The molecule has 0 heterocycles. The van der Waals surface area contributed by atoms with Gasteiger partial charge in [0, 0.05) is 6.04 Å². The Hall–Kier alpha value is -2.34. The summed E-state index contributed by atoms with van der Waals surface area (Å²) < 4.78 is 27.9. The lowest BCUT2D eigenvalue weighted by Gasteiger charge is -2.27. The number of carbonyl (C=O) groups excluding carboxylic acids is 1. The maximum Gasteiger partial charge on any atom is 0.264 e. The molecule has 0 spiro atoms. The van der Waals surface area contributed by atoms with Crippen molar-refractivity contribution in [3.63, 3.8) is 0 Å². The number of hydrogen-bond donors (Lipinski definition) is 1. The predicted octanol–water partition coefficient (Wildman–Crippen LogP) is 3.56. The van der Waals surface area contributed by atoms with E-state index >= 15 is 0 Å². The number of benzene rings is 2. The number of nitrogens with one attached hydrogen (secondary N) is 1. The minimum absolute atomic E-state index is 0.150. The third-order valence-corrected chi connectivity index (χ3v) is 6.96. The van der Waals surface area contributed by atoms with Gasteiger partial charge >= 0.3 is 0 Å². The third kappa shape index (κ3) is 4.33. The molecule has 1 amide bonds. The zero-order chi connectivity index (χ0) is 19.4. The molecular formula is C21H26N2O3S. The molecule has 1 aliphatic carbocycles. The molecule has 5 nitrogen and oxygen atoms in total. The number of sulfonamides is 1. The highest BCUT2D eigenvalue weighted by atomic mass is 32.2. The first-order valence-corrected chi connectivity index (χ1v) is 10.8. The highest BCUT2D eigenvalue weighted by Gasteiger charge is 2.29. The van der Waals surface area contributed by atoms with Crippen molar-refractivity contribution in [2.24, 2.45) is 0 Å². The molecule has 2 aromatic carbocycles. The lowest BCUT2D eigenvalue weighted by molar-refractivity contribution is -0.120. The molecule has 0 bridgehead atoms. The Bertz CT molecular complexity index is 904. The summed E-state index contributed by atoms with van der Waals surface area (Å²) in [5, 5.41) is 2.99. The summed E-state index contributed by atoms with van der Waals surface area (Å²) in [5.41, 5.74) is 2.38. The van der Waals surface area contributed by atoms with Crippen molar-refractivity contribution in [2.45, 2.75) is 50.5 Å². The maximum absolute atomic E-state index is 13.3. The summed E-state index contributed by atoms with van der Waals surface area (Å²) in [6.45, 7) is 3.59. The molecule has 0 aromatic heterocycles. The van der Waals surface area contributed by atoms with Gasteiger partial charge in [-0.1, -0.05) is 43.2 Å². The van der Waals surface area contributed by atoms with Gasteiger partial charge in [-0.15, -0.1) is 0 Å². The Morgan fingerprint density at radius 2 is 1.70 bits per heavy atom. The van der Waals surface area contributed by atoms with Crippen molar-refractivity contribution in [3.05, 3.63) is 59.7 Å². The number of nitrogens with zero attached hydrogens (tertiary/aromatic N) is 1. The fourth-order valence-electron chi connectivity index (χ4n) is 3.50. The average molecular weight is 387 g/mol. The summed E-state index contributed by atoms with van der Waals surface area (Å²) in [4.78, 5) is 12.8. The zero-order valence-electron chi connectivity index (χ0n) is 15.8. The molecule has 1 aliphatic rings. The van der Waals surface area contributed by atoms with Gasteiger partial charge in [0.2, 0.25) is 5.91 Å². The summed E-state index contributed by atoms with van der Waals surface area (Å²) in [7, 11) is -3.85. The van der Waals surface area contributed by atoms with Crippen LogP contribution in [0.1, 0.15) is 36.8 Å². The molecule has 0 saturated heterocycles. The van der Waals surface area contributed by atoms with Crippen LogP contribution in [-0.2, 0) is 14.8 Å². The lowest BCUT2D eigenvalue weighted by Crippen LogP contribution is -2.44. The van der Waals surface area contributed by atoms with Gasteiger partial charge in [-0.2, -0.15) is 0 Å². The third-order valence-electron chi connectivity index (χ3n) is 5.18. The quantitative estimate of drug-likeness (QED) is 0.825. The van der Waals surface area contributed by atoms with Crippen molar-refractivity contribution in [3.8, 4) is 0 Å². The maximum atomic E-state index is 13.3. The SMILES string of the molecule is Cc1cccc(N(CC(=O)NC2CCCC2)S(=O)(=O)c2ccccc2)c1C. The van der Waals surface area contributed by atoms with Crippen LogP contribution in [0.25, 0.3) is 0 Å². The van der Waals surface area contributed by atoms with E-state index in [2.05, 4.69) is 5.32 Å². The van der Waals surface area contributed by atoms with E-state index in [1.165, 1.54) is 4.31 Å². The van der Waals surface area contributed by atoms with Gasteiger partial charge in [-0.3, -0.25) is 9.10 Å². The number of anilines is 1. The van der Waals surface area contributed by atoms with Crippen LogP contribution in [0.4, 0.5) is 5.69 Å². The Kier molecular flexibility index (Phi) is 5.85. The van der Waals surface area contributed by atoms with Crippen molar-refractivity contribution < 1.29 is 13.2 Å². The second kappa shape index (κ2) is 8.13. The second-order valence-electron chi connectivity index (χ2n) is 7.09. The second-order valence-corrected chi connectivity index (χ2v) is 8.95. The molecule has 2 aromatic rings. The largest absolute Gasteiger partial charge is 0.352 e. The fourth-order valence-corrected chi connectivity index (χ4v) is 5.00. The molecule has 1 saturated carbocycles. The monoisotopic (exact) mass is 386 g/mol. The fraction of sp³-hybridized carbons (Fsp3) is 0.381. The van der Waals surface area contributed by atoms with E-state index in [4.69, 9.17) is 0 Å². The molecule has 1 fully saturated rings. The van der Waals surface area contributed by atoms with Gasteiger partial charge in [0.05, 0.1) is 10.6 Å². The van der Waals surface area contributed by atoms with E-state index in [9.17, 15) is 13.2 Å². The van der Waals surface area contributed by atoms with E-state index in [-0.39, 0.29) is 23.4 Å². The van der Waals surface area contributed by atoms with E-state index in [1.54, 1.807) is 36.4 Å². The lowest BCUT2D eigenvalue weighted by atomic mass is 10.1. The Morgan fingerprint density at radius 3 is 2.37 bits per heavy atom.